The smallest absolute Gasteiger partial charge is 0.333 e. The highest BCUT2D eigenvalue weighted by molar-refractivity contribution is 7.07. The predicted octanol–water partition coefficient (Wildman–Crippen LogP) is -0.0504. The van der Waals surface area contributed by atoms with Crippen molar-refractivity contribution in [3.63, 3.8) is 0 Å². The number of carbonyl (C=O) groups excluding carboxylic acids is 2. The SMILES string of the molecule is CCOC(=O)/C=c1\s/c(=C/c2ccccc2OC)c(=O)n1CC(=O)N1CCOCC1. The van der Waals surface area contributed by atoms with E-state index in [2.05, 4.69) is 0 Å². The van der Waals surface area contributed by atoms with E-state index in [9.17, 15) is 14.4 Å². The molecule has 0 aliphatic carbocycles. The molecule has 0 unspecified atom stereocenters. The highest BCUT2D eigenvalue weighted by atomic mass is 32.1. The van der Waals surface area contributed by atoms with Crippen LogP contribution in [0.15, 0.2) is 29.1 Å². The van der Waals surface area contributed by atoms with E-state index in [0.29, 0.717) is 41.2 Å². The van der Waals surface area contributed by atoms with Crippen LogP contribution in [0.2, 0.25) is 0 Å². The lowest BCUT2D eigenvalue weighted by atomic mass is 10.2. The molecule has 1 aromatic carbocycles. The molecular weight excluding hydrogens is 408 g/mol. The van der Waals surface area contributed by atoms with Crippen LogP contribution in [-0.2, 0) is 25.6 Å². The summed E-state index contributed by atoms with van der Waals surface area (Å²) in [6, 6.07) is 7.31. The van der Waals surface area contributed by atoms with E-state index in [0.717, 1.165) is 16.9 Å². The Kier molecular flexibility index (Phi) is 7.42. The van der Waals surface area contributed by atoms with Gasteiger partial charge in [-0.3, -0.25) is 14.2 Å². The standard InChI is InChI=1S/C21H24N2O6S/c1-3-29-20(25)13-19-23(14-18(24)22-8-10-28-11-9-22)21(26)17(30-19)12-15-6-4-5-7-16(15)27-2/h4-7,12-13H,3,8-11,14H2,1-2H3/b17-12+,19-13-. The van der Waals surface area contributed by atoms with Crippen LogP contribution in [0.25, 0.3) is 12.2 Å². The fourth-order valence-electron chi connectivity index (χ4n) is 3.05. The fourth-order valence-corrected chi connectivity index (χ4v) is 4.07. The van der Waals surface area contributed by atoms with E-state index in [1.165, 1.54) is 10.6 Å². The summed E-state index contributed by atoms with van der Waals surface area (Å²) in [6.45, 7) is 3.68. The second-order valence-corrected chi connectivity index (χ2v) is 7.53. The summed E-state index contributed by atoms with van der Waals surface area (Å²) in [5.41, 5.74) is 0.385. The summed E-state index contributed by atoms with van der Waals surface area (Å²) in [5.74, 6) is -0.132. The predicted molar refractivity (Wildman–Crippen MR) is 113 cm³/mol. The van der Waals surface area contributed by atoms with E-state index >= 15 is 0 Å². The zero-order valence-corrected chi connectivity index (χ0v) is 17.8. The first-order chi connectivity index (χ1) is 14.5. The quantitative estimate of drug-likeness (QED) is 0.595. The molecule has 3 rings (SSSR count). The van der Waals surface area contributed by atoms with Gasteiger partial charge in [-0.25, -0.2) is 4.79 Å². The van der Waals surface area contributed by atoms with E-state index < -0.39 is 5.97 Å². The summed E-state index contributed by atoms with van der Waals surface area (Å²) in [7, 11) is 1.56. The molecule has 0 N–H and O–H groups in total. The lowest BCUT2D eigenvalue weighted by Crippen LogP contribution is -2.45. The number of amides is 1. The Morgan fingerprint density at radius 2 is 1.97 bits per heavy atom. The van der Waals surface area contributed by atoms with Crippen LogP contribution in [0.5, 0.6) is 5.75 Å². The molecule has 2 aromatic rings. The number of methoxy groups -OCH3 is 1. The van der Waals surface area contributed by atoms with Gasteiger partial charge in [0.15, 0.2) is 0 Å². The second kappa shape index (κ2) is 10.2. The Labute approximate surface area is 177 Å². The molecule has 0 saturated carbocycles. The molecule has 1 aliphatic rings. The number of morpholine rings is 1. The number of aromatic nitrogens is 1. The monoisotopic (exact) mass is 432 g/mol. The summed E-state index contributed by atoms with van der Waals surface area (Å²) < 4.78 is 17.7. The number of ether oxygens (including phenoxy) is 3. The molecule has 1 amide bonds. The first-order valence-corrected chi connectivity index (χ1v) is 10.4. The van der Waals surface area contributed by atoms with Crippen LogP contribution in [0.4, 0.5) is 0 Å². The molecule has 30 heavy (non-hydrogen) atoms. The van der Waals surface area contributed by atoms with E-state index in [-0.39, 0.29) is 24.6 Å². The third-order valence-corrected chi connectivity index (χ3v) is 5.61. The number of esters is 1. The lowest BCUT2D eigenvalue weighted by molar-refractivity contribution is -0.136. The van der Waals surface area contributed by atoms with Gasteiger partial charge in [0.2, 0.25) is 5.91 Å². The third kappa shape index (κ3) is 5.17. The van der Waals surface area contributed by atoms with Crippen LogP contribution in [-0.4, -0.2) is 61.4 Å². The van der Waals surface area contributed by atoms with Crippen LogP contribution in [0.3, 0.4) is 0 Å². The second-order valence-electron chi connectivity index (χ2n) is 6.47. The molecule has 1 fully saturated rings. The molecule has 1 saturated heterocycles. The zero-order valence-electron chi connectivity index (χ0n) is 17.0. The summed E-state index contributed by atoms with van der Waals surface area (Å²) >= 11 is 1.13. The largest absolute Gasteiger partial charge is 0.496 e. The zero-order chi connectivity index (χ0) is 21.5. The Bertz CT molecular complexity index is 1080. The van der Waals surface area contributed by atoms with E-state index in [4.69, 9.17) is 14.2 Å². The lowest BCUT2D eigenvalue weighted by Gasteiger charge is -2.26. The van der Waals surface area contributed by atoms with Crippen LogP contribution in [0.1, 0.15) is 12.5 Å². The topological polar surface area (TPSA) is 87.1 Å². The van der Waals surface area contributed by atoms with Gasteiger partial charge >= 0.3 is 5.97 Å². The first-order valence-electron chi connectivity index (χ1n) is 9.62. The summed E-state index contributed by atoms with van der Waals surface area (Å²) in [6.07, 6.45) is 2.95. The third-order valence-electron chi connectivity index (χ3n) is 4.55. The van der Waals surface area contributed by atoms with Gasteiger partial charge < -0.3 is 19.1 Å². The van der Waals surface area contributed by atoms with Gasteiger partial charge in [0.1, 0.15) is 17.0 Å². The number of benzene rings is 1. The maximum absolute atomic E-state index is 13.1. The van der Waals surface area contributed by atoms with Crippen molar-refractivity contribution in [2.75, 3.05) is 40.0 Å². The highest BCUT2D eigenvalue weighted by Crippen LogP contribution is 2.17. The molecular formula is C21H24N2O6S. The van der Waals surface area contributed by atoms with Crippen LogP contribution < -0.4 is 19.5 Å². The van der Waals surface area contributed by atoms with Gasteiger partial charge in [0.25, 0.3) is 5.56 Å². The number of hydrogen-bond donors (Lipinski definition) is 0. The molecule has 0 bridgehead atoms. The number of para-hydroxylation sites is 1. The molecule has 160 valence electrons. The molecule has 0 spiro atoms. The van der Waals surface area contributed by atoms with E-state index in [1.807, 2.05) is 18.2 Å². The molecule has 2 heterocycles. The minimum Gasteiger partial charge on any atom is -0.496 e. The van der Waals surface area contributed by atoms with Crippen molar-refractivity contribution in [1.29, 1.82) is 0 Å². The van der Waals surface area contributed by atoms with Gasteiger partial charge in [-0.2, -0.15) is 0 Å². The van der Waals surface area contributed by atoms with Crippen molar-refractivity contribution in [2.24, 2.45) is 0 Å². The van der Waals surface area contributed by atoms with Gasteiger partial charge in [-0.15, -0.1) is 11.3 Å². The summed E-state index contributed by atoms with van der Waals surface area (Å²) in [4.78, 5) is 39.5. The number of nitrogens with zero attached hydrogens (tertiary/aromatic N) is 2. The van der Waals surface area contributed by atoms with Crippen LogP contribution in [0, 0.1) is 0 Å². The number of thiazole rings is 1. The number of rotatable bonds is 6. The Balaban J connectivity index is 2.05. The van der Waals surface area contributed by atoms with Crippen molar-refractivity contribution in [1.82, 2.24) is 9.47 Å². The maximum atomic E-state index is 13.1. The molecule has 8 nitrogen and oxygen atoms in total. The fraction of sp³-hybridized carbons (Fsp3) is 0.381. The van der Waals surface area contributed by atoms with Crippen molar-refractivity contribution in [3.05, 3.63) is 49.4 Å². The number of carbonyl (C=O) groups is 2. The molecule has 9 heteroatoms. The van der Waals surface area contributed by atoms with Gasteiger partial charge in [0.05, 0.1) is 37.5 Å². The number of hydrogen-bond acceptors (Lipinski definition) is 7. The molecule has 1 aromatic heterocycles. The minimum atomic E-state index is -0.560. The van der Waals surface area contributed by atoms with Crippen molar-refractivity contribution in [3.8, 4) is 5.75 Å². The maximum Gasteiger partial charge on any atom is 0.333 e. The average Bonchev–Trinajstić information content (AvgIpc) is 3.03. The van der Waals surface area contributed by atoms with Crippen molar-refractivity contribution in [2.45, 2.75) is 13.5 Å². The van der Waals surface area contributed by atoms with Gasteiger partial charge in [-0.1, -0.05) is 18.2 Å². The minimum absolute atomic E-state index is 0.152. The molecule has 0 atom stereocenters. The highest BCUT2D eigenvalue weighted by Gasteiger charge is 2.19. The Morgan fingerprint density at radius 3 is 2.67 bits per heavy atom. The van der Waals surface area contributed by atoms with Crippen LogP contribution >= 0.6 is 11.3 Å². The normalized spacial score (nSPS) is 15.3. The van der Waals surface area contributed by atoms with Gasteiger partial charge in [-0.05, 0) is 19.1 Å². The van der Waals surface area contributed by atoms with Crippen molar-refractivity contribution >= 4 is 35.4 Å². The first kappa shape index (κ1) is 21.8. The van der Waals surface area contributed by atoms with Gasteiger partial charge in [0, 0.05) is 18.7 Å². The molecule has 1 aliphatic heterocycles. The average molecular weight is 432 g/mol. The summed E-state index contributed by atoms with van der Waals surface area (Å²) in [5, 5.41) is 0. The van der Waals surface area contributed by atoms with Crippen molar-refractivity contribution < 1.29 is 23.8 Å². The Morgan fingerprint density at radius 1 is 1.23 bits per heavy atom. The van der Waals surface area contributed by atoms with E-state index in [1.54, 1.807) is 31.1 Å². The Hall–Kier alpha value is -2.91. The molecule has 0 radical (unpaired) electrons.